The van der Waals surface area contributed by atoms with Crippen molar-refractivity contribution >= 4 is 32.6 Å². The molecule has 0 amide bonds. The number of aromatic nitrogens is 1. The van der Waals surface area contributed by atoms with Gasteiger partial charge in [0.2, 0.25) is 0 Å². The number of fused-ring (bicyclic) bond motifs is 9. The molecule has 41 heavy (non-hydrogen) atoms. The predicted molar refractivity (Wildman–Crippen MR) is 174 cm³/mol. The molecule has 0 N–H and O–H groups in total. The van der Waals surface area contributed by atoms with Crippen LogP contribution in [0.3, 0.4) is 0 Å². The Hall–Kier alpha value is -5.40. The second kappa shape index (κ2) is 8.55. The zero-order chi connectivity index (χ0) is 26.9. The molecule has 0 fully saturated rings. The van der Waals surface area contributed by atoms with E-state index in [1.807, 2.05) is 0 Å². The van der Waals surface area contributed by atoms with Gasteiger partial charge >= 0.3 is 0 Å². The minimum absolute atomic E-state index is 1.17. The van der Waals surface area contributed by atoms with E-state index < -0.39 is 0 Å². The monoisotopic (exact) mass is 519 g/mol. The van der Waals surface area contributed by atoms with Crippen LogP contribution in [0.5, 0.6) is 0 Å². The van der Waals surface area contributed by atoms with Crippen molar-refractivity contribution in [3.05, 3.63) is 152 Å². The maximum absolute atomic E-state index is 2.48. The van der Waals surface area contributed by atoms with Gasteiger partial charge in [-0.05, 0) is 67.9 Å². The zero-order valence-corrected chi connectivity index (χ0v) is 22.4. The van der Waals surface area contributed by atoms with Gasteiger partial charge in [-0.15, -0.1) is 0 Å². The van der Waals surface area contributed by atoms with Gasteiger partial charge in [0, 0.05) is 22.0 Å². The van der Waals surface area contributed by atoms with E-state index in [1.165, 1.54) is 82.8 Å². The molecule has 0 bridgehead atoms. The van der Waals surface area contributed by atoms with Crippen LogP contribution in [0.4, 0.5) is 0 Å². The van der Waals surface area contributed by atoms with Gasteiger partial charge in [-0.1, -0.05) is 133 Å². The van der Waals surface area contributed by atoms with Crippen LogP contribution in [-0.2, 0) is 0 Å². The second-order valence-corrected chi connectivity index (χ2v) is 10.9. The van der Waals surface area contributed by atoms with E-state index in [2.05, 4.69) is 156 Å². The Morgan fingerprint density at radius 1 is 0.366 bits per heavy atom. The molecular weight excluding hydrogens is 494 g/mol. The summed E-state index contributed by atoms with van der Waals surface area (Å²) >= 11 is 0. The van der Waals surface area contributed by atoms with Crippen molar-refractivity contribution in [1.29, 1.82) is 0 Å². The third kappa shape index (κ3) is 3.18. The third-order valence-corrected chi connectivity index (χ3v) is 8.75. The lowest BCUT2D eigenvalue weighted by molar-refractivity contribution is 1.18. The molecule has 0 atom stereocenters. The van der Waals surface area contributed by atoms with Crippen molar-refractivity contribution in [3.63, 3.8) is 0 Å². The summed E-state index contributed by atoms with van der Waals surface area (Å²) in [6, 6.07) is 55.5. The normalized spacial score (nSPS) is 11.9. The topological polar surface area (TPSA) is 4.93 Å². The Morgan fingerprint density at radius 2 is 1.00 bits per heavy atom. The van der Waals surface area contributed by atoms with E-state index in [9.17, 15) is 0 Å². The van der Waals surface area contributed by atoms with Crippen LogP contribution in [0.25, 0.3) is 82.8 Å². The number of benzene rings is 7. The lowest BCUT2D eigenvalue weighted by atomic mass is 9.91. The Labute approximate surface area is 238 Å². The van der Waals surface area contributed by atoms with Crippen molar-refractivity contribution < 1.29 is 0 Å². The fourth-order valence-electron chi connectivity index (χ4n) is 6.98. The van der Waals surface area contributed by atoms with Crippen molar-refractivity contribution in [2.24, 2.45) is 0 Å². The number of hydrogen-bond donors (Lipinski definition) is 0. The summed E-state index contributed by atoms with van der Waals surface area (Å²) in [6.45, 7) is 0. The van der Waals surface area contributed by atoms with Gasteiger partial charge in [0.15, 0.2) is 0 Å². The lowest BCUT2D eigenvalue weighted by Gasteiger charge is -2.16. The number of hydrogen-bond acceptors (Lipinski definition) is 0. The van der Waals surface area contributed by atoms with Gasteiger partial charge in [0.1, 0.15) is 0 Å². The Bertz CT molecular complexity index is 2280. The SMILES string of the molecule is c1ccc(-c2ccc(-n3c4ccccc4c4ccc5c(c43)-c3ccccc3-c3cccc4cccc-5c34)cc2)cc1. The molecule has 8 aromatic rings. The van der Waals surface area contributed by atoms with Crippen LogP contribution in [0, 0.1) is 0 Å². The highest BCUT2D eigenvalue weighted by atomic mass is 15.0. The first-order valence-corrected chi connectivity index (χ1v) is 14.2. The van der Waals surface area contributed by atoms with Crippen molar-refractivity contribution in [3.8, 4) is 50.2 Å². The smallest absolute Gasteiger partial charge is 0.0625 e. The maximum Gasteiger partial charge on any atom is 0.0625 e. The molecule has 1 aliphatic carbocycles. The standard InChI is InChI=1S/C40H25N/c1-2-10-26(11-3-1)27-20-22-29(23-21-27)41-37-19-7-6-15-31(37)36-25-24-35-34-18-9-13-28-12-8-17-32(38(28)34)30-14-4-5-16-33(30)39(35)40(36)41/h1-25H. The third-order valence-electron chi connectivity index (χ3n) is 8.75. The quantitative estimate of drug-likeness (QED) is 0.214. The summed E-state index contributed by atoms with van der Waals surface area (Å²) in [6.07, 6.45) is 0. The molecule has 0 aliphatic heterocycles. The molecule has 0 radical (unpaired) electrons. The predicted octanol–water partition coefficient (Wildman–Crippen LogP) is 10.9. The molecule has 1 heteroatoms. The first-order valence-electron chi connectivity index (χ1n) is 14.2. The largest absolute Gasteiger partial charge is 0.309 e. The van der Waals surface area contributed by atoms with Crippen LogP contribution in [-0.4, -0.2) is 4.57 Å². The Morgan fingerprint density at radius 3 is 1.80 bits per heavy atom. The first-order chi connectivity index (χ1) is 20.4. The molecule has 0 saturated heterocycles. The Balaban J connectivity index is 1.43. The summed E-state index contributed by atoms with van der Waals surface area (Å²) in [7, 11) is 0. The van der Waals surface area contributed by atoms with E-state index in [0.29, 0.717) is 0 Å². The highest BCUT2D eigenvalue weighted by Gasteiger charge is 2.26. The van der Waals surface area contributed by atoms with Crippen LogP contribution in [0.1, 0.15) is 0 Å². The van der Waals surface area contributed by atoms with Crippen molar-refractivity contribution in [2.45, 2.75) is 0 Å². The Kier molecular flexibility index (Phi) is 4.67. The van der Waals surface area contributed by atoms with Crippen molar-refractivity contribution in [1.82, 2.24) is 4.57 Å². The molecule has 0 spiro atoms. The van der Waals surface area contributed by atoms with Crippen molar-refractivity contribution in [2.75, 3.05) is 0 Å². The molecular formula is C40H25N. The van der Waals surface area contributed by atoms with E-state index in [0.717, 1.165) is 0 Å². The van der Waals surface area contributed by atoms with E-state index in [-0.39, 0.29) is 0 Å². The molecule has 1 aliphatic rings. The molecule has 1 aromatic heterocycles. The first kappa shape index (κ1) is 22.4. The van der Waals surface area contributed by atoms with Gasteiger partial charge in [-0.3, -0.25) is 0 Å². The summed E-state index contributed by atoms with van der Waals surface area (Å²) in [5, 5.41) is 5.16. The zero-order valence-electron chi connectivity index (χ0n) is 22.4. The molecule has 1 nitrogen and oxygen atoms in total. The number of nitrogens with zero attached hydrogens (tertiary/aromatic N) is 1. The molecule has 1 heterocycles. The molecule has 9 rings (SSSR count). The van der Waals surface area contributed by atoms with Gasteiger partial charge < -0.3 is 4.57 Å². The van der Waals surface area contributed by atoms with Gasteiger partial charge in [-0.2, -0.15) is 0 Å². The number of rotatable bonds is 2. The minimum atomic E-state index is 1.17. The van der Waals surface area contributed by atoms with Gasteiger partial charge in [0.05, 0.1) is 11.0 Å². The summed E-state index contributed by atoms with van der Waals surface area (Å²) in [5.74, 6) is 0. The number of para-hydroxylation sites is 1. The summed E-state index contributed by atoms with van der Waals surface area (Å²) < 4.78 is 2.48. The molecule has 0 saturated carbocycles. The molecule has 190 valence electrons. The maximum atomic E-state index is 2.48. The second-order valence-electron chi connectivity index (χ2n) is 10.9. The highest BCUT2D eigenvalue weighted by molar-refractivity contribution is 6.21. The lowest BCUT2D eigenvalue weighted by Crippen LogP contribution is -1.97. The van der Waals surface area contributed by atoms with E-state index in [1.54, 1.807) is 0 Å². The van der Waals surface area contributed by atoms with Gasteiger partial charge in [0.25, 0.3) is 0 Å². The van der Waals surface area contributed by atoms with Crippen LogP contribution < -0.4 is 0 Å². The van der Waals surface area contributed by atoms with Crippen LogP contribution in [0.15, 0.2) is 152 Å². The van der Waals surface area contributed by atoms with Gasteiger partial charge in [-0.25, -0.2) is 0 Å². The average molecular weight is 520 g/mol. The fourth-order valence-corrected chi connectivity index (χ4v) is 6.98. The molecule has 0 unspecified atom stereocenters. The van der Waals surface area contributed by atoms with E-state index >= 15 is 0 Å². The highest BCUT2D eigenvalue weighted by Crippen LogP contribution is 2.51. The van der Waals surface area contributed by atoms with E-state index in [4.69, 9.17) is 0 Å². The molecule has 7 aromatic carbocycles. The fraction of sp³-hybridized carbons (Fsp3) is 0. The van der Waals surface area contributed by atoms with Crippen LogP contribution >= 0.6 is 0 Å². The minimum Gasteiger partial charge on any atom is -0.309 e. The summed E-state index contributed by atoms with van der Waals surface area (Å²) in [5.41, 5.74) is 13.8. The summed E-state index contributed by atoms with van der Waals surface area (Å²) in [4.78, 5) is 0. The average Bonchev–Trinajstić information content (AvgIpc) is 3.32. The van der Waals surface area contributed by atoms with Crippen LogP contribution in [0.2, 0.25) is 0 Å².